The van der Waals surface area contributed by atoms with Crippen molar-refractivity contribution in [3.63, 3.8) is 0 Å². The number of urea groups is 1. The Balaban J connectivity index is 2.06. The van der Waals surface area contributed by atoms with E-state index in [0.29, 0.717) is 18.4 Å². The molecule has 1 heterocycles. The average Bonchev–Trinajstić information content (AvgIpc) is 2.44. The van der Waals surface area contributed by atoms with E-state index < -0.39 is 6.04 Å². The third kappa shape index (κ3) is 2.83. The number of ketones is 1. The number of ether oxygens (including phenoxy) is 1. The molecule has 5 nitrogen and oxygen atoms in total. The van der Waals surface area contributed by atoms with Crippen LogP contribution in [0.4, 0.5) is 4.79 Å². The topological polar surface area (TPSA) is 67.4 Å². The largest absolute Gasteiger partial charge is 0.496 e. The molecule has 23 heavy (non-hydrogen) atoms. The van der Waals surface area contributed by atoms with Crippen LogP contribution in [0.3, 0.4) is 0 Å². The normalized spacial score (nSPS) is 23.0. The number of allylic oxidation sites excluding steroid dienone is 1. The Morgan fingerprint density at radius 1 is 1.22 bits per heavy atom. The van der Waals surface area contributed by atoms with Crippen molar-refractivity contribution in [2.45, 2.75) is 39.7 Å². The number of nitrogens with one attached hydrogen (secondary N) is 2. The van der Waals surface area contributed by atoms with Gasteiger partial charge in [0, 0.05) is 17.7 Å². The van der Waals surface area contributed by atoms with Gasteiger partial charge in [0.05, 0.1) is 13.2 Å². The molecule has 1 aliphatic carbocycles. The Hall–Kier alpha value is -2.30. The molecule has 0 aromatic heterocycles. The predicted molar refractivity (Wildman–Crippen MR) is 87.2 cm³/mol. The van der Waals surface area contributed by atoms with E-state index in [0.717, 1.165) is 22.6 Å². The minimum absolute atomic E-state index is 0.0993. The van der Waals surface area contributed by atoms with Gasteiger partial charge in [0.2, 0.25) is 0 Å². The summed E-state index contributed by atoms with van der Waals surface area (Å²) in [5.41, 5.74) is 3.20. The van der Waals surface area contributed by atoms with Crippen LogP contribution in [0.25, 0.3) is 0 Å². The van der Waals surface area contributed by atoms with Gasteiger partial charge < -0.3 is 15.4 Å². The van der Waals surface area contributed by atoms with Crippen LogP contribution in [-0.2, 0) is 4.79 Å². The van der Waals surface area contributed by atoms with Crippen LogP contribution in [0.1, 0.15) is 43.9 Å². The zero-order chi connectivity index (χ0) is 16.8. The molecule has 122 valence electrons. The van der Waals surface area contributed by atoms with Gasteiger partial charge in [-0.15, -0.1) is 0 Å². The van der Waals surface area contributed by atoms with Gasteiger partial charge in [-0.05, 0) is 42.0 Å². The zero-order valence-corrected chi connectivity index (χ0v) is 13.9. The third-order valence-corrected chi connectivity index (χ3v) is 4.50. The van der Waals surface area contributed by atoms with Gasteiger partial charge in [-0.25, -0.2) is 4.79 Å². The highest BCUT2D eigenvalue weighted by atomic mass is 16.5. The molecule has 0 bridgehead atoms. The highest BCUT2D eigenvalue weighted by Crippen LogP contribution is 2.41. The molecule has 2 N–H and O–H groups in total. The highest BCUT2D eigenvalue weighted by molar-refractivity contribution is 6.01. The molecule has 0 spiro atoms. The zero-order valence-electron chi connectivity index (χ0n) is 13.9. The lowest BCUT2D eigenvalue weighted by molar-refractivity contribution is -0.118. The third-order valence-electron chi connectivity index (χ3n) is 4.50. The molecule has 5 heteroatoms. The fourth-order valence-electron chi connectivity index (χ4n) is 3.49. The van der Waals surface area contributed by atoms with E-state index in [1.807, 2.05) is 25.1 Å². The van der Waals surface area contributed by atoms with Gasteiger partial charge in [0.25, 0.3) is 0 Å². The average molecular weight is 314 g/mol. The number of Topliss-reactive ketones (excluding diaryl/α,β-unsaturated/α-hetero) is 1. The van der Waals surface area contributed by atoms with Crippen LogP contribution in [0.2, 0.25) is 0 Å². The Labute approximate surface area is 136 Å². The fourth-order valence-corrected chi connectivity index (χ4v) is 3.49. The number of methoxy groups -OCH3 is 1. The van der Waals surface area contributed by atoms with Gasteiger partial charge in [0.15, 0.2) is 5.78 Å². The maximum absolute atomic E-state index is 12.7. The van der Waals surface area contributed by atoms with Crippen molar-refractivity contribution in [2.24, 2.45) is 5.41 Å². The number of aryl methyl sites for hydroxylation is 1. The van der Waals surface area contributed by atoms with Crippen molar-refractivity contribution in [1.29, 1.82) is 0 Å². The maximum atomic E-state index is 12.7. The van der Waals surface area contributed by atoms with E-state index in [2.05, 4.69) is 24.5 Å². The molecule has 1 aromatic rings. The summed E-state index contributed by atoms with van der Waals surface area (Å²) in [6, 6.07) is 5.09. The minimum Gasteiger partial charge on any atom is -0.496 e. The van der Waals surface area contributed by atoms with E-state index in [-0.39, 0.29) is 17.2 Å². The van der Waals surface area contributed by atoms with E-state index in [1.54, 1.807) is 7.11 Å². The summed E-state index contributed by atoms with van der Waals surface area (Å²) in [5.74, 6) is 0.890. The molecular formula is C18H22N2O3. The van der Waals surface area contributed by atoms with E-state index >= 15 is 0 Å². The van der Waals surface area contributed by atoms with E-state index in [4.69, 9.17) is 4.74 Å². The molecule has 0 radical (unpaired) electrons. The first kappa shape index (κ1) is 15.6. The molecule has 1 aliphatic heterocycles. The fraction of sp³-hybridized carbons (Fsp3) is 0.444. The molecular weight excluding hydrogens is 292 g/mol. The summed E-state index contributed by atoms with van der Waals surface area (Å²) in [7, 11) is 1.63. The first-order valence-corrected chi connectivity index (χ1v) is 7.79. The summed E-state index contributed by atoms with van der Waals surface area (Å²) in [4.78, 5) is 24.7. The molecule has 2 aliphatic rings. The van der Waals surface area contributed by atoms with Crippen LogP contribution < -0.4 is 15.4 Å². The first-order chi connectivity index (χ1) is 10.8. The van der Waals surface area contributed by atoms with Crippen LogP contribution in [0.15, 0.2) is 29.5 Å². The molecule has 0 fully saturated rings. The number of amides is 2. The molecule has 1 aromatic carbocycles. The minimum atomic E-state index is -0.396. The standard InChI is InChI=1S/C18H22N2O3/c1-10-7-11(5-6-14(10)23-4)16-15-12(19-17(22)20-16)8-18(2,3)9-13(15)21/h5-7,16H,8-9H2,1-4H3,(H2,19,20,22)/t16-/m0/s1. The number of rotatable bonds is 2. The Morgan fingerprint density at radius 2 is 1.96 bits per heavy atom. The number of carbonyl (C=O) groups excluding carboxylic acids is 2. The van der Waals surface area contributed by atoms with Gasteiger partial charge >= 0.3 is 6.03 Å². The van der Waals surface area contributed by atoms with Gasteiger partial charge in [0.1, 0.15) is 5.75 Å². The van der Waals surface area contributed by atoms with Crippen molar-refractivity contribution in [1.82, 2.24) is 10.6 Å². The Bertz CT molecular complexity index is 719. The summed E-state index contributed by atoms with van der Waals surface area (Å²) in [6.45, 7) is 6.05. The molecule has 1 atom stereocenters. The van der Waals surface area contributed by atoms with Gasteiger partial charge in [-0.2, -0.15) is 0 Å². The molecule has 0 saturated heterocycles. The monoisotopic (exact) mass is 314 g/mol. The smallest absolute Gasteiger partial charge is 0.319 e. The van der Waals surface area contributed by atoms with Crippen molar-refractivity contribution in [3.05, 3.63) is 40.6 Å². The Morgan fingerprint density at radius 3 is 2.61 bits per heavy atom. The summed E-state index contributed by atoms with van der Waals surface area (Å²) >= 11 is 0. The Kier molecular flexibility index (Phi) is 3.66. The van der Waals surface area contributed by atoms with Crippen LogP contribution in [0.5, 0.6) is 5.75 Å². The summed E-state index contributed by atoms with van der Waals surface area (Å²) < 4.78 is 5.28. The number of benzene rings is 1. The molecule has 2 amide bonds. The molecule has 3 rings (SSSR count). The SMILES string of the molecule is COc1ccc([C@@H]2NC(=O)NC3=C2C(=O)CC(C)(C)C3)cc1C. The number of carbonyl (C=O) groups is 2. The van der Waals surface area contributed by atoms with Gasteiger partial charge in [-0.3, -0.25) is 4.79 Å². The van der Waals surface area contributed by atoms with E-state index in [1.165, 1.54) is 0 Å². The van der Waals surface area contributed by atoms with Crippen molar-refractivity contribution in [2.75, 3.05) is 7.11 Å². The lowest BCUT2D eigenvalue weighted by Crippen LogP contribution is -2.48. The lowest BCUT2D eigenvalue weighted by atomic mass is 9.73. The molecule has 0 unspecified atom stereocenters. The van der Waals surface area contributed by atoms with Crippen molar-refractivity contribution in [3.8, 4) is 5.75 Å². The van der Waals surface area contributed by atoms with Gasteiger partial charge in [-0.1, -0.05) is 19.9 Å². The quantitative estimate of drug-likeness (QED) is 0.882. The van der Waals surface area contributed by atoms with Crippen LogP contribution in [-0.4, -0.2) is 18.9 Å². The van der Waals surface area contributed by atoms with Crippen molar-refractivity contribution < 1.29 is 14.3 Å². The highest BCUT2D eigenvalue weighted by Gasteiger charge is 2.40. The summed E-state index contributed by atoms with van der Waals surface area (Å²) in [6.07, 6.45) is 1.20. The number of hydrogen-bond donors (Lipinski definition) is 2. The second-order valence-electron chi connectivity index (χ2n) is 7.09. The molecule has 0 saturated carbocycles. The summed E-state index contributed by atoms with van der Waals surface area (Å²) in [5, 5.41) is 5.71. The van der Waals surface area contributed by atoms with E-state index in [9.17, 15) is 9.59 Å². The predicted octanol–water partition coefficient (Wildman–Crippen LogP) is 3.00. The second-order valence-corrected chi connectivity index (χ2v) is 7.09. The first-order valence-electron chi connectivity index (χ1n) is 7.79. The number of hydrogen-bond acceptors (Lipinski definition) is 3. The van der Waals surface area contributed by atoms with Crippen molar-refractivity contribution >= 4 is 11.8 Å². The lowest BCUT2D eigenvalue weighted by Gasteiger charge is -2.38. The maximum Gasteiger partial charge on any atom is 0.319 e. The van der Waals surface area contributed by atoms with Crippen LogP contribution in [0, 0.1) is 12.3 Å². The second kappa shape index (κ2) is 5.41. The van der Waals surface area contributed by atoms with Crippen LogP contribution >= 0.6 is 0 Å².